The molecule has 2 aromatic rings. The molecule has 0 fully saturated rings. The van der Waals surface area contributed by atoms with Crippen molar-refractivity contribution in [1.82, 2.24) is 25.2 Å². The minimum absolute atomic E-state index is 0.0882. The molecule has 0 aliphatic carbocycles. The lowest BCUT2D eigenvalue weighted by molar-refractivity contribution is 0.101. The molecule has 0 aliphatic heterocycles. The smallest absolute Gasteiger partial charge is 0.181 e. The molecule has 0 saturated carbocycles. The van der Waals surface area contributed by atoms with E-state index in [1.54, 1.807) is 10.9 Å². The third kappa shape index (κ3) is 2.24. The molecule has 0 aliphatic rings. The maximum atomic E-state index is 11.0. The molecule has 7 heteroatoms. The van der Waals surface area contributed by atoms with Crippen LogP contribution in [0, 0.1) is 6.92 Å². The van der Waals surface area contributed by atoms with Crippen LogP contribution in [-0.4, -0.2) is 31.0 Å². The highest BCUT2D eigenvalue weighted by Gasteiger charge is 2.07. The summed E-state index contributed by atoms with van der Waals surface area (Å²) < 4.78 is 1.58. The summed E-state index contributed by atoms with van der Waals surface area (Å²) in [6.07, 6.45) is 1.61. The third-order valence-electron chi connectivity index (χ3n) is 1.76. The average molecular weight is 223 g/mol. The summed E-state index contributed by atoms with van der Waals surface area (Å²) in [4.78, 5) is 11.0. The minimum atomic E-state index is -0.0882. The first-order chi connectivity index (χ1) is 7.15. The molecular formula is C8H9N5OS. The Morgan fingerprint density at radius 1 is 1.47 bits per heavy atom. The zero-order valence-corrected chi connectivity index (χ0v) is 9.15. The lowest BCUT2D eigenvalue weighted by Gasteiger charge is -1.92. The standard InChI is InChI=1S/C8H9N5OS/c1-5(14)7-3-13(12-10-7)4-8-11-9-6(2)15-8/h3H,4H2,1-2H3. The summed E-state index contributed by atoms with van der Waals surface area (Å²) in [5.41, 5.74) is 0.372. The van der Waals surface area contributed by atoms with Gasteiger partial charge in [0.25, 0.3) is 0 Å². The van der Waals surface area contributed by atoms with Gasteiger partial charge in [0, 0.05) is 6.92 Å². The first kappa shape index (κ1) is 9.91. The molecule has 0 amide bonds. The van der Waals surface area contributed by atoms with Gasteiger partial charge in [0.05, 0.1) is 12.7 Å². The predicted molar refractivity (Wildman–Crippen MR) is 53.8 cm³/mol. The molecule has 2 heterocycles. The highest BCUT2D eigenvalue weighted by atomic mass is 32.1. The van der Waals surface area contributed by atoms with E-state index in [2.05, 4.69) is 20.5 Å². The second kappa shape index (κ2) is 3.85. The van der Waals surface area contributed by atoms with Gasteiger partial charge in [-0.15, -0.1) is 15.3 Å². The maximum Gasteiger partial charge on any atom is 0.181 e. The quantitative estimate of drug-likeness (QED) is 0.716. The van der Waals surface area contributed by atoms with Crippen LogP contribution in [0.2, 0.25) is 0 Å². The fourth-order valence-electron chi connectivity index (χ4n) is 1.08. The Labute approximate surface area is 90.0 Å². The molecule has 0 radical (unpaired) electrons. The normalized spacial score (nSPS) is 10.5. The summed E-state index contributed by atoms with van der Waals surface area (Å²) in [7, 11) is 0. The predicted octanol–water partition coefficient (Wildman–Crippen LogP) is 0.689. The zero-order valence-electron chi connectivity index (χ0n) is 8.34. The fourth-order valence-corrected chi connectivity index (χ4v) is 1.78. The molecule has 78 valence electrons. The Bertz CT molecular complexity index is 489. The SMILES string of the molecule is CC(=O)c1cn(Cc2nnc(C)s2)nn1. The Hall–Kier alpha value is -1.63. The van der Waals surface area contributed by atoms with E-state index in [4.69, 9.17) is 0 Å². The van der Waals surface area contributed by atoms with Crippen LogP contribution in [0.25, 0.3) is 0 Å². The highest BCUT2D eigenvalue weighted by molar-refractivity contribution is 7.11. The summed E-state index contributed by atoms with van der Waals surface area (Å²) >= 11 is 1.50. The van der Waals surface area contributed by atoms with Gasteiger partial charge in [-0.2, -0.15) is 0 Å². The molecule has 0 aromatic carbocycles. The van der Waals surface area contributed by atoms with Crippen molar-refractivity contribution < 1.29 is 4.79 Å². The van der Waals surface area contributed by atoms with Crippen LogP contribution in [0.4, 0.5) is 0 Å². The Balaban J connectivity index is 2.14. The number of aryl methyl sites for hydroxylation is 1. The number of Topliss-reactive ketones (excluding diaryl/α,β-unsaturated/α-hetero) is 1. The van der Waals surface area contributed by atoms with Gasteiger partial charge in [-0.25, -0.2) is 4.68 Å². The van der Waals surface area contributed by atoms with Gasteiger partial charge in [0.2, 0.25) is 0 Å². The maximum absolute atomic E-state index is 11.0. The summed E-state index contributed by atoms with van der Waals surface area (Å²) in [5, 5.41) is 17.2. The molecule has 0 saturated heterocycles. The zero-order chi connectivity index (χ0) is 10.8. The van der Waals surface area contributed by atoms with Crippen molar-refractivity contribution in [3.8, 4) is 0 Å². The van der Waals surface area contributed by atoms with Gasteiger partial charge >= 0.3 is 0 Å². The summed E-state index contributed by atoms with van der Waals surface area (Å²) in [5.74, 6) is -0.0882. The second-order valence-electron chi connectivity index (χ2n) is 3.07. The van der Waals surface area contributed by atoms with Crippen molar-refractivity contribution in [2.24, 2.45) is 0 Å². The molecular weight excluding hydrogens is 214 g/mol. The van der Waals surface area contributed by atoms with Gasteiger partial charge in [-0.3, -0.25) is 4.79 Å². The molecule has 0 unspecified atom stereocenters. The topological polar surface area (TPSA) is 73.6 Å². The summed E-state index contributed by atoms with van der Waals surface area (Å²) in [6, 6.07) is 0. The number of hydrogen-bond donors (Lipinski definition) is 0. The lowest BCUT2D eigenvalue weighted by atomic mass is 10.3. The van der Waals surface area contributed by atoms with Crippen molar-refractivity contribution in [1.29, 1.82) is 0 Å². The van der Waals surface area contributed by atoms with Crippen LogP contribution in [0.3, 0.4) is 0 Å². The largest absolute Gasteiger partial charge is 0.293 e. The van der Waals surface area contributed by atoms with E-state index in [0.717, 1.165) is 10.0 Å². The van der Waals surface area contributed by atoms with Crippen LogP contribution < -0.4 is 0 Å². The third-order valence-corrected chi connectivity index (χ3v) is 2.59. The van der Waals surface area contributed by atoms with Crippen molar-refractivity contribution in [2.45, 2.75) is 20.4 Å². The molecule has 0 spiro atoms. The first-order valence-electron chi connectivity index (χ1n) is 4.35. The Kier molecular flexibility index (Phi) is 2.55. The number of carbonyl (C=O) groups is 1. The van der Waals surface area contributed by atoms with E-state index in [1.165, 1.54) is 18.3 Å². The van der Waals surface area contributed by atoms with Gasteiger partial charge in [0.15, 0.2) is 5.78 Å². The van der Waals surface area contributed by atoms with Crippen LogP contribution in [-0.2, 0) is 6.54 Å². The van der Waals surface area contributed by atoms with Gasteiger partial charge in [0.1, 0.15) is 15.7 Å². The first-order valence-corrected chi connectivity index (χ1v) is 5.17. The molecule has 15 heavy (non-hydrogen) atoms. The highest BCUT2D eigenvalue weighted by Crippen LogP contribution is 2.09. The minimum Gasteiger partial charge on any atom is -0.293 e. The number of hydrogen-bond acceptors (Lipinski definition) is 6. The molecule has 6 nitrogen and oxygen atoms in total. The van der Waals surface area contributed by atoms with Crippen LogP contribution in [0.15, 0.2) is 6.20 Å². The van der Waals surface area contributed by atoms with Crippen molar-refractivity contribution in [2.75, 3.05) is 0 Å². The fraction of sp³-hybridized carbons (Fsp3) is 0.375. The average Bonchev–Trinajstić information content (AvgIpc) is 2.76. The van der Waals surface area contributed by atoms with Crippen LogP contribution in [0.5, 0.6) is 0 Å². The van der Waals surface area contributed by atoms with E-state index in [0.29, 0.717) is 12.2 Å². The Morgan fingerprint density at radius 3 is 2.80 bits per heavy atom. The molecule has 2 aromatic heterocycles. The van der Waals surface area contributed by atoms with Gasteiger partial charge < -0.3 is 0 Å². The molecule has 0 bridgehead atoms. The van der Waals surface area contributed by atoms with Crippen molar-refractivity contribution in [3.63, 3.8) is 0 Å². The second-order valence-corrected chi connectivity index (χ2v) is 4.34. The molecule has 2 rings (SSSR count). The molecule has 0 atom stereocenters. The van der Waals surface area contributed by atoms with Crippen LogP contribution >= 0.6 is 11.3 Å². The molecule has 0 N–H and O–H groups in total. The van der Waals surface area contributed by atoms with Crippen molar-refractivity contribution in [3.05, 3.63) is 21.9 Å². The van der Waals surface area contributed by atoms with Crippen LogP contribution in [0.1, 0.15) is 27.4 Å². The van der Waals surface area contributed by atoms with E-state index >= 15 is 0 Å². The summed E-state index contributed by atoms with van der Waals surface area (Å²) in [6.45, 7) is 3.86. The van der Waals surface area contributed by atoms with E-state index in [9.17, 15) is 4.79 Å². The van der Waals surface area contributed by atoms with Crippen molar-refractivity contribution >= 4 is 17.1 Å². The van der Waals surface area contributed by atoms with Gasteiger partial charge in [-0.1, -0.05) is 16.6 Å². The van der Waals surface area contributed by atoms with Gasteiger partial charge in [-0.05, 0) is 6.92 Å². The number of aromatic nitrogens is 5. The lowest BCUT2D eigenvalue weighted by Crippen LogP contribution is -1.99. The van der Waals surface area contributed by atoms with E-state index in [-0.39, 0.29) is 5.78 Å². The number of ketones is 1. The monoisotopic (exact) mass is 223 g/mol. The number of carbonyl (C=O) groups excluding carboxylic acids is 1. The number of nitrogens with zero attached hydrogens (tertiary/aromatic N) is 5. The van der Waals surface area contributed by atoms with E-state index in [1.807, 2.05) is 6.92 Å². The number of rotatable bonds is 3. The Morgan fingerprint density at radius 2 is 2.27 bits per heavy atom. The van der Waals surface area contributed by atoms with E-state index < -0.39 is 0 Å².